The molecule has 0 unspecified atom stereocenters. The van der Waals surface area contributed by atoms with Crippen LogP contribution in [-0.4, -0.2) is 15.5 Å². The van der Waals surface area contributed by atoms with E-state index in [9.17, 15) is 9.59 Å². The molecule has 2 heterocycles. The zero-order valence-electron chi connectivity index (χ0n) is 9.81. The van der Waals surface area contributed by atoms with E-state index in [1.165, 1.54) is 22.2 Å². The van der Waals surface area contributed by atoms with Crippen molar-refractivity contribution >= 4 is 27.5 Å². The molecule has 0 aromatic carbocycles. The van der Waals surface area contributed by atoms with Gasteiger partial charge < -0.3 is 5.73 Å². The van der Waals surface area contributed by atoms with Gasteiger partial charge in [0, 0.05) is 4.88 Å². The van der Waals surface area contributed by atoms with Gasteiger partial charge in [-0.3, -0.25) is 14.2 Å². The van der Waals surface area contributed by atoms with Crippen molar-refractivity contribution in [3.63, 3.8) is 0 Å². The lowest BCUT2D eigenvalue weighted by Crippen LogP contribution is -2.28. The number of amides is 1. The topological polar surface area (TPSA) is 78.0 Å². The van der Waals surface area contributed by atoms with Crippen molar-refractivity contribution in [3.05, 3.63) is 27.1 Å². The van der Waals surface area contributed by atoms with E-state index in [0.29, 0.717) is 5.39 Å². The SMILES string of the molecule is NC(=O)Cn1cnc2sc3c(c2c1=O)CCCC3. The number of aryl methyl sites for hydroxylation is 2. The van der Waals surface area contributed by atoms with Crippen LogP contribution in [0.15, 0.2) is 11.1 Å². The summed E-state index contributed by atoms with van der Waals surface area (Å²) < 4.78 is 1.30. The van der Waals surface area contributed by atoms with E-state index >= 15 is 0 Å². The van der Waals surface area contributed by atoms with Crippen LogP contribution in [0.1, 0.15) is 23.3 Å². The molecular weight excluding hydrogens is 250 g/mol. The molecule has 0 saturated carbocycles. The van der Waals surface area contributed by atoms with Crippen LogP contribution in [0.25, 0.3) is 10.2 Å². The molecule has 18 heavy (non-hydrogen) atoms. The number of carbonyl (C=O) groups is 1. The maximum atomic E-state index is 12.3. The van der Waals surface area contributed by atoms with Crippen LogP contribution in [-0.2, 0) is 24.2 Å². The van der Waals surface area contributed by atoms with Crippen molar-refractivity contribution < 1.29 is 4.79 Å². The largest absolute Gasteiger partial charge is 0.368 e. The lowest BCUT2D eigenvalue weighted by molar-refractivity contribution is -0.118. The minimum absolute atomic E-state index is 0.105. The Bertz CT molecular complexity index is 686. The number of hydrogen-bond acceptors (Lipinski definition) is 4. The summed E-state index contributed by atoms with van der Waals surface area (Å²) in [7, 11) is 0. The molecule has 5 nitrogen and oxygen atoms in total. The summed E-state index contributed by atoms with van der Waals surface area (Å²) >= 11 is 1.60. The van der Waals surface area contributed by atoms with E-state index in [2.05, 4.69) is 4.98 Å². The number of nitrogens with zero attached hydrogens (tertiary/aromatic N) is 2. The molecule has 0 atom stereocenters. The van der Waals surface area contributed by atoms with Gasteiger partial charge in [-0.2, -0.15) is 0 Å². The fourth-order valence-electron chi connectivity index (χ4n) is 2.46. The highest BCUT2D eigenvalue weighted by molar-refractivity contribution is 7.18. The van der Waals surface area contributed by atoms with Gasteiger partial charge in [-0.1, -0.05) is 0 Å². The zero-order valence-corrected chi connectivity index (χ0v) is 10.6. The van der Waals surface area contributed by atoms with Crippen LogP contribution in [0.3, 0.4) is 0 Å². The molecule has 0 spiro atoms. The summed E-state index contributed by atoms with van der Waals surface area (Å²) in [5.74, 6) is -0.526. The van der Waals surface area contributed by atoms with Crippen LogP contribution in [0.5, 0.6) is 0 Å². The van der Waals surface area contributed by atoms with Crippen molar-refractivity contribution in [2.75, 3.05) is 0 Å². The smallest absolute Gasteiger partial charge is 0.262 e. The molecule has 1 amide bonds. The van der Waals surface area contributed by atoms with Gasteiger partial charge in [0.2, 0.25) is 5.91 Å². The van der Waals surface area contributed by atoms with Gasteiger partial charge >= 0.3 is 0 Å². The van der Waals surface area contributed by atoms with Gasteiger partial charge in [0.1, 0.15) is 11.4 Å². The van der Waals surface area contributed by atoms with E-state index in [1.54, 1.807) is 11.3 Å². The first-order valence-corrected chi connectivity index (χ1v) is 6.76. The third kappa shape index (κ3) is 1.73. The Balaban J connectivity index is 2.24. The van der Waals surface area contributed by atoms with E-state index in [1.807, 2.05) is 0 Å². The Labute approximate surface area is 107 Å². The predicted octanol–water partition coefficient (Wildman–Crippen LogP) is 0.822. The quantitative estimate of drug-likeness (QED) is 0.871. The molecule has 2 aromatic heterocycles. The fraction of sp³-hybridized carbons (Fsp3) is 0.417. The summed E-state index contributed by atoms with van der Waals surface area (Å²) in [5, 5.41) is 0.693. The Morgan fingerprint density at radius 1 is 1.44 bits per heavy atom. The third-order valence-electron chi connectivity index (χ3n) is 3.27. The molecule has 1 aliphatic carbocycles. The number of nitrogens with two attached hydrogens (primary N) is 1. The first-order chi connectivity index (χ1) is 8.66. The summed E-state index contributed by atoms with van der Waals surface area (Å²) in [5.41, 5.74) is 6.12. The highest BCUT2D eigenvalue weighted by atomic mass is 32.1. The zero-order chi connectivity index (χ0) is 12.7. The minimum Gasteiger partial charge on any atom is -0.368 e. The van der Waals surface area contributed by atoms with E-state index < -0.39 is 5.91 Å². The van der Waals surface area contributed by atoms with Gasteiger partial charge in [-0.25, -0.2) is 4.98 Å². The molecule has 0 aliphatic heterocycles. The second kappa shape index (κ2) is 4.20. The standard InChI is InChI=1S/C12H13N3O2S/c13-9(16)5-15-6-14-11-10(12(15)17)7-3-1-2-4-8(7)18-11/h6H,1-5H2,(H2,13,16). The third-order valence-corrected chi connectivity index (χ3v) is 4.47. The molecule has 0 bridgehead atoms. The van der Waals surface area contributed by atoms with Crippen molar-refractivity contribution in [1.82, 2.24) is 9.55 Å². The number of carbonyl (C=O) groups excluding carboxylic acids is 1. The second-order valence-electron chi connectivity index (χ2n) is 4.53. The van der Waals surface area contributed by atoms with E-state index in [-0.39, 0.29) is 12.1 Å². The van der Waals surface area contributed by atoms with Gasteiger partial charge in [-0.05, 0) is 31.2 Å². The molecule has 3 rings (SSSR count). The average Bonchev–Trinajstić information content (AvgIpc) is 2.71. The number of primary amides is 1. The van der Waals surface area contributed by atoms with Gasteiger partial charge in [0.15, 0.2) is 0 Å². The van der Waals surface area contributed by atoms with E-state index in [0.717, 1.165) is 29.7 Å². The summed E-state index contributed by atoms with van der Waals surface area (Å²) in [6.45, 7) is -0.105. The maximum absolute atomic E-state index is 12.3. The predicted molar refractivity (Wildman–Crippen MR) is 69.7 cm³/mol. The highest BCUT2D eigenvalue weighted by Crippen LogP contribution is 2.33. The summed E-state index contributed by atoms with van der Waals surface area (Å²) in [6, 6.07) is 0. The Morgan fingerprint density at radius 3 is 3.00 bits per heavy atom. The first-order valence-electron chi connectivity index (χ1n) is 5.95. The normalized spacial score (nSPS) is 14.7. The number of aromatic nitrogens is 2. The van der Waals surface area contributed by atoms with Gasteiger partial charge in [-0.15, -0.1) is 11.3 Å². The molecule has 1 aliphatic rings. The van der Waals surface area contributed by atoms with Crippen LogP contribution in [0.2, 0.25) is 0 Å². The maximum Gasteiger partial charge on any atom is 0.262 e. The molecule has 6 heteroatoms. The first kappa shape index (κ1) is 11.4. The number of fused-ring (bicyclic) bond motifs is 3. The van der Waals surface area contributed by atoms with Crippen molar-refractivity contribution in [2.45, 2.75) is 32.2 Å². The monoisotopic (exact) mass is 263 g/mol. The Morgan fingerprint density at radius 2 is 2.22 bits per heavy atom. The van der Waals surface area contributed by atoms with Crippen LogP contribution in [0, 0.1) is 0 Å². The van der Waals surface area contributed by atoms with Crippen molar-refractivity contribution in [2.24, 2.45) is 5.73 Å². The van der Waals surface area contributed by atoms with Crippen LogP contribution < -0.4 is 11.3 Å². The number of thiophene rings is 1. The fourth-order valence-corrected chi connectivity index (χ4v) is 3.68. The van der Waals surface area contributed by atoms with Crippen LogP contribution in [0.4, 0.5) is 0 Å². The Kier molecular flexibility index (Phi) is 2.66. The van der Waals surface area contributed by atoms with Crippen molar-refractivity contribution in [3.8, 4) is 0 Å². The average molecular weight is 263 g/mol. The summed E-state index contributed by atoms with van der Waals surface area (Å²) in [6.07, 6.45) is 5.67. The molecule has 2 N–H and O–H groups in total. The van der Waals surface area contributed by atoms with E-state index in [4.69, 9.17) is 5.73 Å². The molecule has 0 radical (unpaired) electrons. The molecule has 2 aromatic rings. The number of rotatable bonds is 2. The van der Waals surface area contributed by atoms with Crippen molar-refractivity contribution in [1.29, 1.82) is 0 Å². The van der Waals surface area contributed by atoms with Crippen LogP contribution >= 0.6 is 11.3 Å². The Hall–Kier alpha value is -1.69. The molecular formula is C12H13N3O2S. The molecule has 0 fully saturated rings. The second-order valence-corrected chi connectivity index (χ2v) is 5.62. The molecule has 94 valence electrons. The lowest BCUT2D eigenvalue weighted by atomic mass is 9.97. The number of hydrogen-bond donors (Lipinski definition) is 1. The van der Waals surface area contributed by atoms with Gasteiger partial charge in [0.25, 0.3) is 5.56 Å². The minimum atomic E-state index is -0.526. The molecule has 0 saturated heterocycles. The summed E-state index contributed by atoms with van der Waals surface area (Å²) in [4.78, 5) is 29.6. The highest BCUT2D eigenvalue weighted by Gasteiger charge is 2.20. The lowest BCUT2D eigenvalue weighted by Gasteiger charge is -2.10. The van der Waals surface area contributed by atoms with Gasteiger partial charge in [0.05, 0.1) is 11.7 Å².